The highest BCUT2D eigenvalue weighted by Gasteiger charge is 2.37. The van der Waals surface area contributed by atoms with E-state index in [2.05, 4.69) is 0 Å². The summed E-state index contributed by atoms with van der Waals surface area (Å²) in [6, 6.07) is 5.69. The first-order chi connectivity index (χ1) is 8.01. The van der Waals surface area contributed by atoms with E-state index in [4.69, 9.17) is 22.1 Å². The van der Waals surface area contributed by atoms with E-state index in [-0.39, 0.29) is 12.2 Å². The van der Waals surface area contributed by atoms with Gasteiger partial charge in [-0.3, -0.25) is 4.79 Å². The van der Waals surface area contributed by atoms with Crippen molar-refractivity contribution in [3.05, 3.63) is 34.3 Å². The van der Waals surface area contributed by atoms with Gasteiger partial charge in [-0.25, -0.2) is 0 Å². The number of rotatable bonds is 3. The normalized spacial score (nSPS) is 23.9. The van der Waals surface area contributed by atoms with Crippen molar-refractivity contribution >= 4 is 17.4 Å². The Morgan fingerprint density at radius 2 is 2.35 bits per heavy atom. The molecule has 1 atom stereocenters. The van der Waals surface area contributed by atoms with Crippen LogP contribution in [0.5, 0.6) is 0 Å². The zero-order chi connectivity index (χ0) is 12.5. The predicted molar refractivity (Wildman–Crippen MR) is 67.3 cm³/mol. The van der Waals surface area contributed by atoms with Crippen LogP contribution in [0.25, 0.3) is 0 Å². The maximum absolute atomic E-state index is 12.1. The summed E-state index contributed by atoms with van der Waals surface area (Å²) in [5.41, 5.74) is 7.10. The number of carbonyl (C=O) groups excluding carboxylic acids is 1. The largest absolute Gasteiger partial charge is 0.379 e. The first-order valence-electron chi connectivity index (χ1n) is 5.66. The Kier molecular flexibility index (Phi) is 3.52. The maximum atomic E-state index is 12.1. The molecule has 0 amide bonds. The number of aryl methyl sites for hydroxylation is 1. The van der Waals surface area contributed by atoms with Crippen molar-refractivity contribution in [1.82, 2.24) is 0 Å². The van der Waals surface area contributed by atoms with Crippen LogP contribution in [0.1, 0.15) is 17.5 Å². The molecular weight excluding hydrogens is 238 g/mol. The fourth-order valence-electron chi connectivity index (χ4n) is 1.95. The Labute approximate surface area is 106 Å². The molecule has 0 aromatic heterocycles. The number of hydrogen-bond donors (Lipinski definition) is 1. The Hall–Kier alpha value is -0.900. The second-order valence-electron chi connectivity index (χ2n) is 4.65. The van der Waals surface area contributed by atoms with Crippen molar-refractivity contribution in [3.63, 3.8) is 0 Å². The highest BCUT2D eigenvalue weighted by atomic mass is 35.5. The topological polar surface area (TPSA) is 52.3 Å². The number of carbonyl (C=O) groups is 1. The van der Waals surface area contributed by atoms with E-state index in [9.17, 15) is 4.79 Å². The monoisotopic (exact) mass is 253 g/mol. The Morgan fingerprint density at radius 1 is 1.59 bits per heavy atom. The van der Waals surface area contributed by atoms with Gasteiger partial charge in [0.2, 0.25) is 0 Å². The minimum absolute atomic E-state index is 0.000697. The van der Waals surface area contributed by atoms with Crippen LogP contribution in [0.2, 0.25) is 5.02 Å². The van der Waals surface area contributed by atoms with Gasteiger partial charge in [-0.05, 0) is 30.5 Å². The zero-order valence-electron chi connectivity index (χ0n) is 9.83. The smallest absolute Gasteiger partial charge is 0.159 e. The molecule has 2 rings (SSSR count). The van der Waals surface area contributed by atoms with Crippen molar-refractivity contribution in [2.45, 2.75) is 25.3 Å². The van der Waals surface area contributed by atoms with Gasteiger partial charge in [0.15, 0.2) is 5.78 Å². The molecule has 1 aliphatic heterocycles. The fourth-order valence-corrected chi connectivity index (χ4v) is 2.25. The lowest BCUT2D eigenvalue weighted by Crippen LogP contribution is -2.49. The molecule has 3 nitrogen and oxygen atoms in total. The third-order valence-electron chi connectivity index (χ3n) is 3.17. The molecule has 0 aliphatic carbocycles. The van der Waals surface area contributed by atoms with Crippen molar-refractivity contribution in [2.24, 2.45) is 5.73 Å². The van der Waals surface area contributed by atoms with Gasteiger partial charge in [0, 0.05) is 18.1 Å². The van der Waals surface area contributed by atoms with Gasteiger partial charge in [-0.15, -0.1) is 0 Å². The molecule has 0 bridgehead atoms. The quantitative estimate of drug-likeness (QED) is 0.895. The molecule has 0 spiro atoms. The fraction of sp³-hybridized carbons (Fsp3) is 0.462. The van der Waals surface area contributed by atoms with Gasteiger partial charge in [0.1, 0.15) is 5.54 Å². The highest BCUT2D eigenvalue weighted by molar-refractivity contribution is 6.31. The second kappa shape index (κ2) is 4.77. The summed E-state index contributed by atoms with van der Waals surface area (Å²) in [6.07, 6.45) is 0.869. The summed E-state index contributed by atoms with van der Waals surface area (Å²) < 4.78 is 5.19. The standard InChI is InChI=1S/C13H16ClNO2/c1-9-2-3-10(11(14)6-9)7-12(16)13(15)4-5-17-8-13/h2-3,6H,4-5,7-8,15H2,1H3. The van der Waals surface area contributed by atoms with Crippen LogP contribution < -0.4 is 5.73 Å². The minimum Gasteiger partial charge on any atom is -0.379 e. The SMILES string of the molecule is Cc1ccc(CC(=O)C2(N)CCOC2)c(Cl)c1. The Bertz CT molecular complexity index is 439. The number of Topliss-reactive ketones (excluding diaryl/α,β-unsaturated/α-hetero) is 1. The molecule has 1 heterocycles. The molecule has 2 N–H and O–H groups in total. The molecule has 1 unspecified atom stereocenters. The van der Waals surface area contributed by atoms with Crippen LogP contribution >= 0.6 is 11.6 Å². The molecule has 92 valence electrons. The number of halogens is 1. The summed E-state index contributed by atoms with van der Waals surface area (Å²) in [4.78, 5) is 12.1. The van der Waals surface area contributed by atoms with Crippen LogP contribution in [0.3, 0.4) is 0 Å². The first kappa shape index (κ1) is 12.6. The van der Waals surface area contributed by atoms with E-state index in [1.807, 2.05) is 25.1 Å². The van der Waals surface area contributed by atoms with E-state index in [1.54, 1.807) is 0 Å². The summed E-state index contributed by atoms with van der Waals surface area (Å²) in [5.74, 6) is 0.000697. The number of ether oxygens (including phenoxy) is 1. The summed E-state index contributed by atoms with van der Waals surface area (Å²) in [6.45, 7) is 2.84. The van der Waals surface area contributed by atoms with E-state index < -0.39 is 5.54 Å². The number of hydrogen-bond acceptors (Lipinski definition) is 3. The predicted octanol–water partition coefficient (Wildman–Crippen LogP) is 1.88. The average Bonchev–Trinajstić information content (AvgIpc) is 2.71. The Balaban J connectivity index is 2.13. The summed E-state index contributed by atoms with van der Waals surface area (Å²) >= 11 is 6.10. The molecule has 0 saturated carbocycles. The van der Waals surface area contributed by atoms with Gasteiger partial charge >= 0.3 is 0 Å². The lowest BCUT2D eigenvalue weighted by Gasteiger charge is -2.20. The maximum Gasteiger partial charge on any atom is 0.159 e. The summed E-state index contributed by atoms with van der Waals surface area (Å²) in [5, 5.41) is 0.626. The highest BCUT2D eigenvalue weighted by Crippen LogP contribution is 2.23. The van der Waals surface area contributed by atoms with Crippen LogP contribution in [-0.4, -0.2) is 24.5 Å². The third-order valence-corrected chi connectivity index (χ3v) is 3.52. The number of nitrogens with two attached hydrogens (primary N) is 1. The molecule has 4 heteroatoms. The molecule has 1 aromatic rings. The van der Waals surface area contributed by atoms with E-state index >= 15 is 0 Å². The number of benzene rings is 1. The molecule has 1 aliphatic rings. The van der Waals surface area contributed by atoms with Gasteiger partial charge in [0.25, 0.3) is 0 Å². The first-order valence-corrected chi connectivity index (χ1v) is 6.04. The summed E-state index contributed by atoms with van der Waals surface area (Å²) in [7, 11) is 0. The van der Waals surface area contributed by atoms with Crippen molar-refractivity contribution in [2.75, 3.05) is 13.2 Å². The van der Waals surface area contributed by atoms with Crippen LogP contribution in [-0.2, 0) is 16.0 Å². The average molecular weight is 254 g/mol. The van der Waals surface area contributed by atoms with Crippen LogP contribution in [0, 0.1) is 6.92 Å². The third kappa shape index (κ3) is 2.68. The Morgan fingerprint density at radius 3 is 2.94 bits per heavy atom. The van der Waals surface area contributed by atoms with Gasteiger partial charge < -0.3 is 10.5 Å². The molecule has 1 aromatic carbocycles. The second-order valence-corrected chi connectivity index (χ2v) is 5.06. The van der Waals surface area contributed by atoms with E-state index in [0.717, 1.165) is 11.1 Å². The lowest BCUT2D eigenvalue weighted by molar-refractivity contribution is -0.123. The molecular formula is C13H16ClNO2. The van der Waals surface area contributed by atoms with Crippen molar-refractivity contribution < 1.29 is 9.53 Å². The minimum atomic E-state index is -0.825. The van der Waals surface area contributed by atoms with E-state index in [1.165, 1.54) is 0 Å². The van der Waals surface area contributed by atoms with Gasteiger partial charge in [-0.1, -0.05) is 23.7 Å². The molecule has 17 heavy (non-hydrogen) atoms. The van der Waals surface area contributed by atoms with Gasteiger partial charge in [-0.2, -0.15) is 0 Å². The molecule has 1 saturated heterocycles. The van der Waals surface area contributed by atoms with Crippen molar-refractivity contribution in [1.29, 1.82) is 0 Å². The van der Waals surface area contributed by atoms with Crippen LogP contribution in [0.15, 0.2) is 18.2 Å². The lowest BCUT2D eigenvalue weighted by atomic mass is 9.90. The number of ketones is 1. The zero-order valence-corrected chi connectivity index (χ0v) is 10.6. The van der Waals surface area contributed by atoms with E-state index in [0.29, 0.717) is 24.7 Å². The molecule has 1 fully saturated rings. The van der Waals surface area contributed by atoms with Gasteiger partial charge in [0.05, 0.1) is 6.61 Å². The molecule has 0 radical (unpaired) electrons. The van der Waals surface area contributed by atoms with Crippen LogP contribution in [0.4, 0.5) is 0 Å². The van der Waals surface area contributed by atoms with Crippen molar-refractivity contribution in [3.8, 4) is 0 Å².